The van der Waals surface area contributed by atoms with Gasteiger partial charge >= 0.3 is 0 Å². The number of carbonyl (C=O) groups is 2. The summed E-state index contributed by atoms with van der Waals surface area (Å²) in [6.07, 6.45) is 0.726. The number of amides is 2. The molecule has 2 rings (SSSR count). The fourth-order valence-electron chi connectivity index (χ4n) is 2.74. The fraction of sp³-hybridized carbons (Fsp3) is 0.333. The summed E-state index contributed by atoms with van der Waals surface area (Å²) in [6, 6.07) is 13.2. The number of halogens is 2. The zero-order chi connectivity index (χ0) is 20.0. The van der Waals surface area contributed by atoms with Gasteiger partial charge in [-0.05, 0) is 54.3 Å². The van der Waals surface area contributed by atoms with Crippen LogP contribution in [0.4, 0.5) is 0 Å². The van der Waals surface area contributed by atoms with Crippen molar-refractivity contribution in [2.24, 2.45) is 5.92 Å². The zero-order valence-electron chi connectivity index (χ0n) is 15.6. The maximum Gasteiger partial charge on any atom is 0.251 e. The summed E-state index contributed by atoms with van der Waals surface area (Å²) in [5.74, 6) is -0.585. The number of hydrogen-bond acceptors (Lipinski definition) is 2. The molecule has 2 aromatic carbocycles. The predicted molar refractivity (Wildman–Crippen MR) is 110 cm³/mol. The van der Waals surface area contributed by atoms with Crippen molar-refractivity contribution in [3.8, 4) is 0 Å². The molecule has 2 N–H and O–H groups in total. The Labute approximate surface area is 170 Å². The van der Waals surface area contributed by atoms with E-state index in [1.54, 1.807) is 36.4 Å². The quantitative estimate of drug-likeness (QED) is 0.678. The standard InChI is InChI=1S/C21H24Cl2N2O2/c1-4-18(14-5-9-16(22)10-6-14)24-21(27)19(13(2)3)25-20(26)15-7-11-17(23)12-8-15/h5-13,18-19H,4H2,1-3H3,(H,24,27)(H,25,26). The number of nitrogens with one attached hydrogen (secondary N) is 2. The van der Waals surface area contributed by atoms with Crippen LogP contribution in [0, 0.1) is 5.92 Å². The van der Waals surface area contributed by atoms with E-state index < -0.39 is 6.04 Å². The minimum atomic E-state index is -0.644. The number of carbonyl (C=O) groups excluding carboxylic acids is 2. The van der Waals surface area contributed by atoms with Crippen LogP contribution in [0.2, 0.25) is 10.0 Å². The predicted octanol–water partition coefficient (Wildman–Crippen LogP) is 5.02. The fourth-order valence-corrected chi connectivity index (χ4v) is 2.99. The second-order valence-electron chi connectivity index (χ2n) is 6.72. The van der Waals surface area contributed by atoms with Crippen molar-refractivity contribution in [2.45, 2.75) is 39.3 Å². The van der Waals surface area contributed by atoms with E-state index >= 15 is 0 Å². The third-order valence-corrected chi connectivity index (χ3v) is 4.84. The minimum Gasteiger partial charge on any atom is -0.348 e. The molecule has 0 aliphatic heterocycles. The largest absolute Gasteiger partial charge is 0.348 e. The van der Waals surface area contributed by atoms with Crippen LogP contribution >= 0.6 is 23.2 Å². The summed E-state index contributed by atoms with van der Waals surface area (Å²) < 4.78 is 0. The van der Waals surface area contributed by atoms with E-state index in [2.05, 4.69) is 10.6 Å². The van der Waals surface area contributed by atoms with Crippen molar-refractivity contribution in [2.75, 3.05) is 0 Å². The molecule has 6 heteroatoms. The lowest BCUT2D eigenvalue weighted by atomic mass is 10.00. The van der Waals surface area contributed by atoms with Gasteiger partial charge in [-0.15, -0.1) is 0 Å². The molecule has 2 amide bonds. The molecule has 0 saturated heterocycles. The highest BCUT2D eigenvalue weighted by Crippen LogP contribution is 2.20. The van der Waals surface area contributed by atoms with Crippen molar-refractivity contribution in [3.05, 3.63) is 69.7 Å². The average Bonchev–Trinajstić information content (AvgIpc) is 2.65. The van der Waals surface area contributed by atoms with Crippen LogP contribution in [-0.2, 0) is 4.79 Å². The van der Waals surface area contributed by atoms with Gasteiger partial charge in [0.15, 0.2) is 0 Å². The molecule has 0 radical (unpaired) electrons. The normalized spacial score (nSPS) is 13.1. The molecule has 0 aromatic heterocycles. The molecule has 2 aromatic rings. The van der Waals surface area contributed by atoms with Crippen LogP contribution in [0.15, 0.2) is 48.5 Å². The Morgan fingerprint density at radius 1 is 0.889 bits per heavy atom. The Balaban J connectivity index is 2.10. The molecule has 0 aliphatic rings. The first-order valence-electron chi connectivity index (χ1n) is 8.94. The topological polar surface area (TPSA) is 58.2 Å². The molecule has 0 heterocycles. The van der Waals surface area contributed by atoms with Gasteiger partial charge in [-0.3, -0.25) is 9.59 Å². The lowest BCUT2D eigenvalue weighted by molar-refractivity contribution is -0.124. The molecule has 144 valence electrons. The smallest absolute Gasteiger partial charge is 0.251 e. The Morgan fingerprint density at radius 2 is 1.41 bits per heavy atom. The van der Waals surface area contributed by atoms with Crippen molar-refractivity contribution in [1.29, 1.82) is 0 Å². The number of benzene rings is 2. The van der Waals surface area contributed by atoms with Gasteiger partial charge in [0.2, 0.25) is 5.91 Å². The summed E-state index contributed by atoms with van der Waals surface area (Å²) in [7, 11) is 0. The van der Waals surface area contributed by atoms with Crippen molar-refractivity contribution in [3.63, 3.8) is 0 Å². The van der Waals surface area contributed by atoms with E-state index in [1.807, 2.05) is 32.9 Å². The molecule has 4 nitrogen and oxygen atoms in total. The molecule has 2 unspecified atom stereocenters. The van der Waals surface area contributed by atoms with Gasteiger partial charge in [0.05, 0.1) is 6.04 Å². The Hall–Kier alpha value is -2.04. The molecular weight excluding hydrogens is 383 g/mol. The van der Waals surface area contributed by atoms with Crippen LogP contribution in [0.1, 0.15) is 49.2 Å². The molecule has 27 heavy (non-hydrogen) atoms. The number of rotatable bonds is 7. The van der Waals surface area contributed by atoms with Gasteiger partial charge < -0.3 is 10.6 Å². The molecule has 2 atom stereocenters. The van der Waals surface area contributed by atoms with Gasteiger partial charge in [-0.2, -0.15) is 0 Å². The third-order valence-electron chi connectivity index (χ3n) is 4.34. The monoisotopic (exact) mass is 406 g/mol. The summed E-state index contributed by atoms with van der Waals surface area (Å²) in [6.45, 7) is 5.79. The Kier molecular flexibility index (Phi) is 7.69. The second-order valence-corrected chi connectivity index (χ2v) is 7.60. The molecule has 0 bridgehead atoms. The molecule has 0 aliphatic carbocycles. The van der Waals surface area contributed by atoms with E-state index in [9.17, 15) is 9.59 Å². The third kappa shape index (κ3) is 5.98. The van der Waals surface area contributed by atoms with Gasteiger partial charge in [-0.25, -0.2) is 0 Å². The van der Waals surface area contributed by atoms with E-state index in [0.29, 0.717) is 15.6 Å². The van der Waals surface area contributed by atoms with Gasteiger partial charge in [0.1, 0.15) is 6.04 Å². The first-order valence-corrected chi connectivity index (χ1v) is 9.69. The van der Waals surface area contributed by atoms with Gasteiger partial charge in [0, 0.05) is 15.6 Å². The second kappa shape index (κ2) is 9.77. The van der Waals surface area contributed by atoms with Crippen molar-refractivity contribution >= 4 is 35.0 Å². The summed E-state index contributed by atoms with van der Waals surface area (Å²) in [5.41, 5.74) is 1.43. The minimum absolute atomic E-state index is 0.0658. The van der Waals surface area contributed by atoms with Crippen LogP contribution in [0.5, 0.6) is 0 Å². The lowest BCUT2D eigenvalue weighted by Gasteiger charge is -2.25. The summed E-state index contributed by atoms with van der Waals surface area (Å²) in [4.78, 5) is 25.3. The van der Waals surface area contributed by atoms with E-state index in [4.69, 9.17) is 23.2 Å². The first-order chi connectivity index (χ1) is 12.8. The van der Waals surface area contributed by atoms with Crippen LogP contribution in [0.3, 0.4) is 0 Å². The average molecular weight is 407 g/mol. The SMILES string of the molecule is CCC(NC(=O)C(NC(=O)c1ccc(Cl)cc1)C(C)C)c1ccc(Cl)cc1. The Bertz CT molecular complexity index is 774. The van der Waals surface area contributed by atoms with Crippen molar-refractivity contribution in [1.82, 2.24) is 10.6 Å². The highest BCUT2D eigenvalue weighted by atomic mass is 35.5. The Morgan fingerprint density at radius 3 is 1.89 bits per heavy atom. The number of hydrogen-bond donors (Lipinski definition) is 2. The van der Waals surface area contributed by atoms with Crippen LogP contribution in [0.25, 0.3) is 0 Å². The van der Waals surface area contributed by atoms with Gasteiger partial charge in [-0.1, -0.05) is 56.1 Å². The highest BCUT2D eigenvalue weighted by Gasteiger charge is 2.26. The molecule has 0 fully saturated rings. The summed E-state index contributed by atoms with van der Waals surface area (Å²) >= 11 is 11.8. The molecule has 0 saturated carbocycles. The first kappa shape index (κ1) is 21.3. The van der Waals surface area contributed by atoms with Crippen molar-refractivity contribution < 1.29 is 9.59 Å². The van der Waals surface area contributed by atoms with E-state index in [1.165, 1.54) is 0 Å². The van der Waals surface area contributed by atoms with E-state index in [-0.39, 0.29) is 23.8 Å². The molecular formula is C21H24Cl2N2O2. The lowest BCUT2D eigenvalue weighted by Crippen LogP contribution is -2.50. The van der Waals surface area contributed by atoms with Gasteiger partial charge in [0.25, 0.3) is 5.91 Å². The zero-order valence-corrected chi connectivity index (χ0v) is 17.1. The molecule has 0 spiro atoms. The van der Waals surface area contributed by atoms with Crippen LogP contribution < -0.4 is 10.6 Å². The maximum atomic E-state index is 12.8. The maximum absolute atomic E-state index is 12.8. The van der Waals surface area contributed by atoms with E-state index in [0.717, 1.165) is 12.0 Å². The summed E-state index contributed by atoms with van der Waals surface area (Å²) in [5, 5.41) is 7.06. The van der Waals surface area contributed by atoms with Crippen LogP contribution in [-0.4, -0.2) is 17.9 Å². The highest BCUT2D eigenvalue weighted by molar-refractivity contribution is 6.30.